The largest absolute Gasteiger partial charge is 0.497 e. The van der Waals surface area contributed by atoms with Crippen molar-refractivity contribution in [1.29, 1.82) is 0 Å². The van der Waals surface area contributed by atoms with Crippen molar-refractivity contribution >= 4 is 57.4 Å². The molecule has 1 heterocycles. The summed E-state index contributed by atoms with van der Waals surface area (Å²) in [5.74, 6) is -0.125. The lowest BCUT2D eigenvalue weighted by Gasteiger charge is -2.19. The minimum Gasteiger partial charge on any atom is -0.497 e. The number of aliphatic imine (C=N–C) groups is 1. The van der Waals surface area contributed by atoms with E-state index in [1.807, 2.05) is 6.07 Å². The minimum atomic E-state index is -0.627. The molecular weight excluding hydrogens is 420 g/mol. The van der Waals surface area contributed by atoms with Gasteiger partial charge in [0.25, 0.3) is 11.6 Å². The van der Waals surface area contributed by atoms with Crippen LogP contribution in [0.5, 0.6) is 5.75 Å². The number of anilines is 2. The second-order valence-electron chi connectivity index (χ2n) is 5.84. The number of hydrogen-bond donors (Lipinski definition) is 1. The first-order chi connectivity index (χ1) is 13.9. The van der Waals surface area contributed by atoms with Crippen LogP contribution in [0.4, 0.5) is 17.1 Å². The Labute approximate surface area is 174 Å². The lowest BCUT2D eigenvalue weighted by atomic mass is 10.3. The molecule has 0 unspecified atom stereocenters. The monoisotopic (exact) mass is 434 g/mol. The highest BCUT2D eigenvalue weighted by Crippen LogP contribution is 2.28. The van der Waals surface area contributed by atoms with Crippen LogP contribution in [0.2, 0.25) is 5.02 Å². The molecule has 3 rings (SSSR count). The molecule has 0 fully saturated rings. The van der Waals surface area contributed by atoms with E-state index in [2.05, 4.69) is 10.3 Å². The number of nitrogens with one attached hydrogen (secondary N) is 1. The molecule has 0 radical (unpaired) electrons. The SMILES string of the molecule is COc1cccc(N2CC(=O)N=C2SCC(=O)Nc2ccc(Cl)c([N+](=O)[O-])c2)c1. The van der Waals surface area contributed by atoms with Crippen LogP contribution in [0.1, 0.15) is 0 Å². The Morgan fingerprint density at radius 2 is 2.17 bits per heavy atom. The third kappa shape index (κ3) is 5.04. The Kier molecular flexibility index (Phi) is 6.35. The van der Waals surface area contributed by atoms with Crippen LogP contribution in [0.15, 0.2) is 47.5 Å². The molecule has 0 atom stereocenters. The van der Waals surface area contributed by atoms with E-state index in [-0.39, 0.29) is 34.6 Å². The van der Waals surface area contributed by atoms with Crippen LogP contribution in [0, 0.1) is 10.1 Å². The second-order valence-corrected chi connectivity index (χ2v) is 7.19. The molecule has 0 saturated carbocycles. The maximum absolute atomic E-state index is 12.2. The van der Waals surface area contributed by atoms with Gasteiger partial charge in [-0.25, -0.2) is 0 Å². The van der Waals surface area contributed by atoms with E-state index in [1.165, 1.54) is 18.2 Å². The molecule has 9 nitrogen and oxygen atoms in total. The third-order valence-corrected chi connectivity index (χ3v) is 5.16. The summed E-state index contributed by atoms with van der Waals surface area (Å²) >= 11 is 6.85. The van der Waals surface area contributed by atoms with Crippen molar-refractivity contribution in [1.82, 2.24) is 0 Å². The molecule has 0 bridgehead atoms. The molecule has 0 aromatic heterocycles. The highest BCUT2D eigenvalue weighted by atomic mass is 35.5. The van der Waals surface area contributed by atoms with Gasteiger partial charge in [0.2, 0.25) is 5.91 Å². The van der Waals surface area contributed by atoms with E-state index < -0.39 is 10.8 Å². The Morgan fingerprint density at radius 1 is 1.38 bits per heavy atom. The molecule has 1 aliphatic rings. The Hall–Kier alpha value is -3.11. The van der Waals surface area contributed by atoms with Crippen molar-refractivity contribution in [3.63, 3.8) is 0 Å². The number of nitrogens with zero attached hydrogens (tertiary/aromatic N) is 3. The Balaban J connectivity index is 1.65. The maximum atomic E-state index is 12.2. The van der Waals surface area contributed by atoms with E-state index in [4.69, 9.17) is 16.3 Å². The smallest absolute Gasteiger partial charge is 0.289 e. The van der Waals surface area contributed by atoms with Crippen LogP contribution >= 0.6 is 23.4 Å². The fourth-order valence-corrected chi connectivity index (χ4v) is 3.56. The standard InChI is InChI=1S/C18H15ClN4O5S/c1-28-13-4-2-3-12(8-13)22-9-16(24)21-18(22)29-10-17(25)20-11-5-6-14(19)15(7-11)23(26)27/h2-8H,9-10H2,1H3,(H,20,25). The van der Waals surface area contributed by atoms with Gasteiger partial charge in [-0.05, 0) is 24.3 Å². The van der Waals surface area contributed by atoms with Crippen molar-refractivity contribution in [2.75, 3.05) is 29.6 Å². The predicted octanol–water partition coefficient (Wildman–Crippen LogP) is 3.33. The molecule has 2 aromatic rings. The average molecular weight is 435 g/mol. The molecule has 0 spiro atoms. The normalized spacial score (nSPS) is 13.2. The molecule has 1 aliphatic heterocycles. The molecule has 29 heavy (non-hydrogen) atoms. The van der Waals surface area contributed by atoms with Crippen LogP contribution in [0.3, 0.4) is 0 Å². The first-order valence-corrected chi connectivity index (χ1v) is 9.63. The first kappa shape index (κ1) is 20.6. The molecule has 11 heteroatoms. The zero-order chi connectivity index (χ0) is 21.0. The molecular formula is C18H15ClN4O5S. The van der Waals surface area contributed by atoms with Gasteiger partial charge in [0.05, 0.1) is 17.8 Å². The molecule has 0 saturated heterocycles. The van der Waals surface area contributed by atoms with Gasteiger partial charge in [0, 0.05) is 23.5 Å². The number of methoxy groups -OCH3 is 1. The minimum absolute atomic E-state index is 0.0184. The summed E-state index contributed by atoms with van der Waals surface area (Å²) in [6.45, 7) is 0.0699. The van der Waals surface area contributed by atoms with Crippen molar-refractivity contribution < 1.29 is 19.2 Å². The first-order valence-electron chi connectivity index (χ1n) is 8.27. The summed E-state index contributed by atoms with van der Waals surface area (Å²) in [6.07, 6.45) is 0. The number of amides is 2. The van der Waals surface area contributed by atoms with Gasteiger partial charge < -0.3 is 15.0 Å². The van der Waals surface area contributed by atoms with Gasteiger partial charge in [-0.15, -0.1) is 0 Å². The number of amidine groups is 1. The van der Waals surface area contributed by atoms with Gasteiger partial charge in [-0.2, -0.15) is 4.99 Å². The number of hydrogen-bond acceptors (Lipinski definition) is 7. The van der Waals surface area contributed by atoms with Crippen molar-refractivity contribution in [2.45, 2.75) is 0 Å². The predicted molar refractivity (Wildman–Crippen MR) is 112 cm³/mol. The van der Waals surface area contributed by atoms with Crippen molar-refractivity contribution in [3.05, 3.63) is 57.6 Å². The lowest BCUT2D eigenvalue weighted by Crippen LogP contribution is -2.27. The average Bonchev–Trinajstić information content (AvgIpc) is 3.08. The van der Waals surface area contributed by atoms with Gasteiger partial charge >= 0.3 is 0 Å². The van der Waals surface area contributed by atoms with Gasteiger partial charge in [0.15, 0.2) is 5.17 Å². The summed E-state index contributed by atoms with van der Waals surface area (Å²) in [5.41, 5.74) is 0.669. The Bertz CT molecular complexity index is 1010. The van der Waals surface area contributed by atoms with Crippen LogP contribution in [0.25, 0.3) is 0 Å². The molecule has 150 valence electrons. The summed E-state index contributed by atoms with van der Waals surface area (Å²) in [4.78, 5) is 40.0. The van der Waals surface area contributed by atoms with Gasteiger partial charge in [-0.3, -0.25) is 19.7 Å². The summed E-state index contributed by atoms with van der Waals surface area (Å²) in [7, 11) is 1.55. The quantitative estimate of drug-likeness (QED) is 0.547. The number of carbonyl (C=O) groups excluding carboxylic acids is 2. The summed E-state index contributed by atoms with van der Waals surface area (Å²) < 4.78 is 5.20. The fourth-order valence-electron chi connectivity index (χ4n) is 2.55. The van der Waals surface area contributed by atoms with E-state index in [0.717, 1.165) is 17.4 Å². The third-order valence-electron chi connectivity index (χ3n) is 3.87. The number of nitro benzene ring substituents is 1. The number of ether oxygens (including phenoxy) is 1. The number of benzene rings is 2. The van der Waals surface area contributed by atoms with Crippen molar-refractivity contribution in [2.24, 2.45) is 4.99 Å². The molecule has 0 aliphatic carbocycles. The van der Waals surface area contributed by atoms with Crippen LogP contribution < -0.4 is 15.0 Å². The highest BCUT2D eigenvalue weighted by molar-refractivity contribution is 8.14. The van der Waals surface area contributed by atoms with Gasteiger partial charge in [-0.1, -0.05) is 29.4 Å². The van der Waals surface area contributed by atoms with Crippen LogP contribution in [-0.4, -0.2) is 41.3 Å². The number of carbonyl (C=O) groups is 2. The van der Waals surface area contributed by atoms with E-state index in [1.54, 1.807) is 30.2 Å². The van der Waals surface area contributed by atoms with Gasteiger partial charge in [0.1, 0.15) is 17.3 Å². The zero-order valence-electron chi connectivity index (χ0n) is 15.1. The number of thioether (sulfide) groups is 1. The van der Waals surface area contributed by atoms with Crippen LogP contribution in [-0.2, 0) is 9.59 Å². The molecule has 2 amide bonds. The lowest BCUT2D eigenvalue weighted by molar-refractivity contribution is -0.384. The Morgan fingerprint density at radius 3 is 2.90 bits per heavy atom. The number of nitro groups is 1. The number of halogens is 1. The number of rotatable bonds is 6. The summed E-state index contributed by atoms with van der Waals surface area (Å²) in [5, 5.41) is 13.9. The molecule has 2 aromatic carbocycles. The summed E-state index contributed by atoms with van der Waals surface area (Å²) in [6, 6.07) is 11.1. The van der Waals surface area contributed by atoms with E-state index in [0.29, 0.717) is 10.9 Å². The zero-order valence-corrected chi connectivity index (χ0v) is 16.7. The fraction of sp³-hybridized carbons (Fsp3) is 0.167. The maximum Gasteiger partial charge on any atom is 0.289 e. The highest BCUT2D eigenvalue weighted by Gasteiger charge is 2.26. The second kappa shape index (κ2) is 8.93. The topological polar surface area (TPSA) is 114 Å². The van der Waals surface area contributed by atoms with Crippen molar-refractivity contribution in [3.8, 4) is 5.75 Å². The van der Waals surface area contributed by atoms with E-state index >= 15 is 0 Å². The molecule has 1 N–H and O–H groups in total. The van der Waals surface area contributed by atoms with E-state index in [9.17, 15) is 19.7 Å².